The maximum Gasteiger partial charge on any atom is 0.320 e. The molecule has 0 aromatic heterocycles. The first-order valence-corrected chi connectivity index (χ1v) is 6.96. The molecule has 6 heteroatoms. The van der Waals surface area contributed by atoms with E-state index in [9.17, 15) is 4.79 Å². The van der Waals surface area contributed by atoms with Crippen LogP contribution in [0.5, 0.6) is 5.75 Å². The van der Waals surface area contributed by atoms with Crippen LogP contribution in [-0.4, -0.2) is 30.0 Å². The molecule has 0 spiro atoms. The van der Waals surface area contributed by atoms with Gasteiger partial charge in [0, 0.05) is 16.3 Å². The van der Waals surface area contributed by atoms with Gasteiger partial charge in [0.15, 0.2) is 0 Å². The molecule has 0 aliphatic heterocycles. The number of carboxylic acids is 1. The molecule has 0 amide bonds. The SMILES string of the molecule is COc1ccc(Cl)cc1CSCCC(N)C(=O)O. The zero-order chi connectivity index (χ0) is 13.5. The Kier molecular flexibility index (Phi) is 6.32. The van der Waals surface area contributed by atoms with Gasteiger partial charge < -0.3 is 15.6 Å². The summed E-state index contributed by atoms with van der Waals surface area (Å²) >= 11 is 7.52. The fourth-order valence-electron chi connectivity index (χ4n) is 1.38. The zero-order valence-electron chi connectivity index (χ0n) is 10.1. The molecule has 1 unspecified atom stereocenters. The van der Waals surface area contributed by atoms with Crippen LogP contribution < -0.4 is 10.5 Å². The molecule has 0 radical (unpaired) electrons. The van der Waals surface area contributed by atoms with E-state index < -0.39 is 12.0 Å². The van der Waals surface area contributed by atoms with Crippen molar-refractivity contribution in [2.75, 3.05) is 12.9 Å². The van der Waals surface area contributed by atoms with Crippen LogP contribution in [0.15, 0.2) is 18.2 Å². The lowest BCUT2D eigenvalue weighted by Crippen LogP contribution is -2.30. The van der Waals surface area contributed by atoms with Crippen molar-refractivity contribution in [1.82, 2.24) is 0 Å². The van der Waals surface area contributed by atoms with E-state index in [1.54, 1.807) is 24.9 Å². The first-order valence-electron chi connectivity index (χ1n) is 5.43. The molecule has 0 heterocycles. The number of aliphatic carboxylic acids is 1. The Morgan fingerprint density at radius 3 is 2.94 bits per heavy atom. The van der Waals surface area contributed by atoms with Crippen LogP contribution in [0.3, 0.4) is 0 Å². The number of rotatable bonds is 7. The Bertz CT molecular complexity index is 414. The van der Waals surface area contributed by atoms with E-state index in [4.69, 9.17) is 27.2 Å². The maximum absolute atomic E-state index is 10.5. The van der Waals surface area contributed by atoms with Gasteiger partial charge in [-0.25, -0.2) is 0 Å². The number of nitrogens with two attached hydrogens (primary N) is 1. The van der Waals surface area contributed by atoms with Crippen molar-refractivity contribution in [3.05, 3.63) is 28.8 Å². The number of hydrogen-bond acceptors (Lipinski definition) is 4. The highest BCUT2D eigenvalue weighted by Crippen LogP contribution is 2.26. The number of carbonyl (C=O) groups is 1. The van der Waals surface area contributed by atoms with Gasteiger partial charge in [-0.3, -0.25) is 4.79 Å². The summed E-state index contributed by atoms with van der Waals surface area (Å²) in [6.07, 6.45) is 0.447. The first-order chi connectivity index (χ1) is 8.54. The number of thioether (sulfide) groups is 1. The molecule has 1 aromatic rings. The summed E-state index contributed by atoms with van der Waals surface area (Å²) in [5, 5.41) is 9.31. The van der Waals surface area contributed by atoms with Crippen LogP contribution in [0, 0.1) is 0 Å². The average molecular weight is 290 g/mol. The molecule has 0 aliphatic carbocycles. The number of halogens is 1. The van der Waals surface area contributed by atoms with Crippen molar-refractivity contribution in [3.8, 4) is 5.75 Å². The van der Waals surface area contributed by atoms with Crippen LogP contribution in [0.25, 0.3) is 0 Å². The minimum atomic E-state index is -0.962. The van der Waals surface area contributed by atoms with Gasteiger partial charge in [-0.2, -0.15) is 11.8 Å². The third kappa shape index (κ3) is 4.76. The highest BCUT2D eigenvalue weighted by molar-refractivity contribution is 7.98. The molecule has 1 atom stereocenters. The third-order valence-corrected chi connectivity index (χ3v) is 3.67. The largest absolute Gasteiger partial charge is 0.496 e. The molecule has 0 bridgehead atoms. The predicted octanol–water partition coefficient (Wildman–Crippen LogP) is 2.38. The Balaban J connectivity index is 2.43. The first kappa shape index (κ1) is 15.1. The molecule has 18 heavy (non-hydrogen) atoms. The fourth-order valence-corrected chi connectivity index (χ4v) is 2.58. The molecule has 100 valence electrons. The minimum Gasteiger partial charge on any atom is -0.496 e. The van der Waals surface area contributed by atoms with Gasteiger partial charge >= 0.3 is 5.97 Å². The second-order valence-corrected chi connectivity index (χ2v) is 5.28. The summed E-state index contributed by atoms with van der Waals surface area (Å²) in [6.45, 7) is 0. The number of carboxylic acid groups (broad SMARTS) is 1. The van der Waals surface area contributed by atoms with Gasteiger partial charge in [0.1, 0.15) is 11.8 Å². The van der Waals surface area contributed by atoms with Gasteiger partial charge in [-0.1, -0.05) is 11.6 Å². The monoisotopic (exact) mass is 289 g/mol. The average Bonchev–Trinajstić information content (AvgIpc) is 2.34. The lowest BCUT2D eigenvalue weighted by Gasteiger charge is -2.09. The molecule has 1 rings (SSSR count). The van der Waals surface area contributed by atoms with E-state index in [0.29, 0.717) is 17.2 Å². The van der Waals surface area contributed by atoms with Crippen LogP contribution >= 0.6 is 23.4 Å². The van der Waals surface area contributed by atoms with Gasteiger partial charge in [0.05, 0.1) is 7.11 Å². The van der Waals surface area contributed by atoms with Crippen molar-refractivity contribution >= 4 is 29.3 Å². The molecule has 0 saturated carbocycles. The number of benzene rings is 1. The smallest absolute Gasteiger partial charge is 0.320 e. The van der Waals surface area contributed by atoms with E-state index in [2.05, 4.69) is 0 Å². The van der Waals surface area contributed by atoms with Gasteiger partial charge in [0.25, 0.3) is 0 Å². The second-order valence-electron chi connectivity index (χ2n) is 3.74. The molecule has 4 nitrogen and oxygen atoms in total. The van der Waals surface area contributed by atoms with E-state index in [1.165, 1.54) is 0 Å². The van der Waals surface area contributed by atoms with Crippen LogP contribution in [0.1, 0.15) is 12.0 Å². The summed E-state index contributed by atoms with van der Waals surface area (Å²) in [7, 11) is 1.61. The lowest BCUT2D eigenvalue weighted by molar-refractivity contribution is -0.138. The molecule has 3 N–H and O–H groups in total. The maximum atomic E-state index is 10.5. The Labute approximate surface area is 115 Å². The number of ether oxygens (including phenoxy) is 1. The Hall–Kier alpha value is -0.910. The summed E-state index contributed by atoms with van der Waals surface area (Å²) in [5.41, 5.74) is 6.42. The summed E-state index contributed by atoms with van der Waals surface area (Å²) in [4.78, 5) is 10.5. The highest BCUT2D eigenvalue weighted by Gasteiger charge is 2.11. The predicted molar refractivity (Wildman–Crippen MR) is 74.4 cm³/mol. The van der Waals surface area contributed by atoms with Crippen molar-refractivity contribution in [2.24, 2.45) is 5.73 Å². The Morgan fingerprint density at radius 1 is 1.61 bits per heavy atom. The van der Waals surface area contributed by atoms with E-state index in [1.807, 2.05) is 12.1 Å². The minimum absolute atomic E-state index is 0.447. The van der Waals surface area contributed by atoms with Crippen LogP contribution in [0.2, 0.25) is 5.02 Å². The van der Waals surface area contributed by atoms with E-state index in [0.717, 1.165) is 17.1 Å². The van der Waals surface area contributed by atoms with Gasteiger partial charge in [0.2, 0.25) is 0 Å². The van der Waals surface area contributed by atoms with Crippen LogP contribution in [-0.2, 0) is 10.5 Å². The molecule has 0 fully saturated rings. The van der Waals surface area contributed by atoms with Gasteiger partial charge in [-0.15, -0.1) is 0 Å². The molecule has 0 aliphatic rings. The number of hydrogen-bond donors (Lipinski definition) is 2. The summed E-state index contributed by atoms with van der Waals surface area (Å²) in [6, 6.07) is 4.65. The number of methoxy groups -OCH3 is 1. The van der Waals surface area contributed by atoms with Crippen molar-refractivity contribution in [3.63, 3.8) is 0 Å². The molecule has 0 saturated heterocycles. The van der Waals surface area contributed by atoms with Crippen molar-refractivity contribution in [1.29, 1.82) is 0 Å². The quantitative estimate of drug-likeness (QED) is 0.754. The normalized spacial score (nSPS) is 12.2. The standard InChI is InChI=1S/C12H16ClNO3S/c1-17-11-3-2-9(13)6-8(11)7-18-5-4-10(14)12(15)16/h2-3,6,10H,4-5,7,14H2,1H3,(H,15,16). The van der Waals surface area contributed by atoms with Crippen molar-refractivity contribution < 1.29 is 14.6 Å². The summed E-state index contributed by atoms with van der Waals surface area (Å²) in [5.74, 6) is 1.23. The fraction of sp³-hybridized carbons (Fsp3) is 0.417. The Morgan fingerprint density at radius 2 is 2.33 bits per heavy atom. The molecular formula is C12H16ClNO3S. The summed E-state index contributed by atoms with van der Waals surface area (Å²) < 4.78 is 5.23. The molecular weight excluding hydrogens is 274 g/mol. The lowest BCUT2D eigenvalue weighted by atomic mass is 10.2. The van der Waals surface area contributed by atoms with E-state index in [-0.39, 0.29) is 0 Å². The second kappa shape index (κ2) is 7.51. The van der Waals surface area contributed by atoms with Crippen LogP contribution in [0.4, 0.5) is 0 Å². The zero-order valence-corrected chi connectivity index (χ0v) is 11.6. The third-order valence-electron chi connectivity index (χ3n) is 2.39. The van der Waals surface area contributed by atoms with E-state index >= 15 is 0 Å². The van der Waals surface area contributed by atoms with Crippen molar-refractivity contribution in [2.45, 2.75) is 18.2 Å². The van der Waals surface area contributed by atoms with Gasteiger partial charge in [-0.05, 0) is 30.4 Å². The molecule has 1 aromatic carbocycles. The topological polar surface area (TPSA) is 72.5 Å². The highest BCUT2D eigenvalue weighted by atomic mass is 35.5.